The second-order valence-corrected chi connectivity index (χ2v) is 13.6. The predicted octanol–water partition coefficient (Wildman–Crippen LogP) is 8.70. The Kier molecular flexibility index (Phi) is 11.2. The van der Waals surface area contributed by atoms with E-state index in [1.165, 1.54) is 5.56 Å². The van der Waals surface area contributed by atoms with Gasteiger partial charge in [0.15, 0.2) is 6.10 Å². The fourth-order valence-electron chi connectivity index (χ4n) is 4.38. The number of hydrogen-bond donors (Lipinski definition) is 2. The van der Waals surface area contributed by atoms with E-state index in [-0.39, 0.29) is 22.5 Å². The Labute approximate surface area is 252 Å². The van der Waals surface area contributed by atoms with Crippen molar-refractivity contribution >= 4 is 40.6 Å². The molecule has 2 unspecified atom stereocenters. The van der Waals surface area contributed by atoms with Gasteiger partial charge in [-0.3, -0.25) is 14.4 Å². The number of ether oxygens (including phenoxy) is 1. The number of ketones is 1. The van der Waals surface area contributed by atoms with Crippen LogP contribution in [0.25, 0.3) is 0 Å². The summed E-state index contributed by atoms with van der Waals surface area (Å²) in [6, 6.07) is 11.2. The number of anilines is 2. The number of benzene rings is 2. The molecule has 0 aliphatic carbocycles. The van der Waals surface area contributed by atoms with Gasteiger partial charge in [-0.2, -0.15) is 0 Å². The highest BCUT2D eigenvalue weighted by Gasteiger charge is 2.32. The van der Waals surface area contributed by atoms with Crippen LogP contribution in [-0.2, 0) is 25.2 Å². The Bertz CT molecular complexity index is 1260. The molecule has 226 valence electrons. The van der Waals surface area contributed by atoms with E-state index in [4.69, 9.17) is 16.3 Å². The van der Waals surface area contributed by atoms with E-state index < -0.39 is 23.3 Å². The van der Waals surface area contributed by atoms with Crippen LogP contribution in [0, 0.1) is 11.3 Å². The van der Waals surface area contributed by atoms with Gasteiger partial charge in [0.1, 0.15) is 11.5 Å². The lowest BCUT2D eigenvalue weighted by Crippen LogP contribution is -2.35. The standard InChI is InChI=1S/C34H49ClN2O4/c1-12-27(41-28-18-15-22(33(8,9)13-2)19-24(28)34(10,11)14-3)31(40)36-23-16-17-25(35)26(20-23)37-30(39)21(4)29(38)32(5,6)7/h15-21,27H,12-14H2,1-11H3,(H,36,40)(H,37,39). The predicted molar refractivity (Wildman–Crippen MR) is 170 cm³/mol. The fraction of sp³-hybridized carbons (Fsp3) is 0.559. The lowest BCUT2D eigenvalue weighted by atomic mass is 9.76. The number of nitrogens with one attached hydrogen (secondary N) is 2. The van der Waals surface area contributed by atoms with Gasteiger partial charge < -0.3 is 15.4 Å². The Morgan fingerprint density at radius 2 is 1.44 bits per heavy atom. The van der Waals surface area contributed by atoms with Gasteiger partial charge >= 0.3 is 0 Å². The average molecular weight is 585 g/mol. The first-order valence-electron chi connectivity index (χ1n) is 14.6. The highest BCUT2D eigenvalue weighted by molar-refractivity contribution is 6.34. The first-order chi connectivity index (χ1) is 18.9. The lowest BCUT2D eigenvalue weighted by Gasteiger charge is -2.31. The monoisotopic (exact) mass is 584 g/mol. The molecular formula is C34H49ClN2O4. The molecule has 0 fully saturated rings. The molecule has 2 N–H and O–H groups in total. The quantitative estimate of drug-likeness (QED) is 0.244. The summed E-state index contributed by atoms with van der Waals surface area (Å²) in [6.45, 7) is 22.0. The maximum Gasteiger partial charge on any atom is 0.265 e. The second-order valence-electron chi connectivity index (χ2n) is 13.2. The van der Waals surface area contributed by atoms with Crippen LogP contribution in [0.4, 0.5) is 11.4 Å². The Morgan fingerprint density at radius 3 is 1.98 bits per heavy atom. The maximum absolute atomic E-state index is 13.4. The smallest absolute Gasteiger partial charge is 0.265 e. The zero-order valence-corrected chi connectivity index (χ0v) is 27.5. The van der Waals surface area contributed by atoms with Crippen LogP contribution in [0.2, 0.25) is 5.02 Å². The highest BCUT2D eigenvalue weighted by Crippen LogP contribution is 2.39. The van der Waals surface area contributed by atoms with Crippen molar-refractivity contribution in [1.29, 1.82) is 0 Å². The molecule has 2 aromatic carbocycles. The largest absolute Gasteiger partial charge is 0.480 e. The minimum atomic E-state index is -0.849. The molecule has 2 aromatic rings. The van der Waals surface area contributed by atoms with Crippen molar-refractivity contribution in [2.45, 2.75) is 112 Å². The molecule has 0 saturated carbocycles. The van der Waals surface area contributed by atoms with Crippen molar-refractivity contribution in [1.82, 2.24) is 0 Å². The summed E-state index contributed by atoms with van der Waals surface area (Å²) >= 11 is 6.34. The van der Waals surface area contributed by atoms with Crippen LogP contribution in [0.1, 0.15) is 107 Å². The van der Waals surface area contributed by atoms with Gasteiger partial charge in [-0.05, 0) is 66.8 Å². The number of Topliss-reactive ketones (excluding diaryl/α,β-unsaturated/α-hetero) is 1. The number of rotatable bonds is 12. The summed E-state index contributed by atoms with van der Waals surface area (Å²) in [5.41, 5.74) is 2.34. The topological polar surface area (TPSA) is 84.5 Å². The van der Waals surface area contributed by atoms with Crippen LogP contribution >= 0.6 is 11.6 Å². The molecule has 41 heavy (non-hydrogen) atoms. The van der Waals surface area contributed by atoms with Crippen molar-refractivity contribution in [3.63, 3.8) is 0 Å². The van der Waals surface area contributed by atoms with Crippen LogP contribution in [0.5, 0.6) is 5.75 Å². The molecule has 2 amide bonds. The zero-order chi connectivity index (χ0) is 31.3. The van der Waals surface area contributed by atoms with Crippen molar-refractivity contribution < 1.29 is 19.1 Å². The molecular weight excluding hydrogens is 536 g/mol. The highest BCUT2D eigenvalue weighted by atomic mass is 35.5. The minimum absolute atomic E-state index is 0.0260. The van der Waals surface area contributed by atoms with Crippen molar-refractivity contribution in [2.24, 2.45) is 11.3 Å². The van der Waals surface area contributed by atoms with Crippen LogP contribution in [-0.4, -0.2) is 23.7 Å². The Balaban J connectivity index is 2.29. The third-order valence-electron chi connectivity index (χ3n) is 8.21. The molecule has 0 heterocycles. The number of carbonyl (C=O) groups excluding carboxylic acids is 3. The van der Waals surface area contributed by atoms with Crippen LogP contribution < -0.4 is 15.4 Å². The van der Waals surface area contributed by atoms with E-state index in [0.717, 1.165) is 18.4 Å². The Hall–Kier alpha value is -2.86. The van der Waals surface area contributed by atoms with E-state index in [9.17, 15) is 14.4 Å². The van der Waals surface area contributed by atoms with Gasteiger partial charge in [0, 0.05) is 16.7 Å². The van der Waals surface area contributed by atoms with E-state index >= 15 is 0 Å². The van der Waals surface area contributed by atoms with E-state index in [1.54, 1.807) is 45.9 Å². The van der Waals surface area contributed by atoms with E-state index in [1.807, 2.05) is 13.0 Å². The number of hydrogen-bond acceptors (Lipinski definition) is 4. The Morgan fingerprint density at radius 1 is 0.829 bits per heavy atom. The maximum atomic E-state index is 13.4. The van der Waals surface area contributed by atoms with Gasteiger partial charge in [0.2, 0.25) is 5.91 Å². The van der Waals surface area contributed by atoms with Gasteiger partial charge in [-0.1, -0.05) is 93.0 Å². The number of halogens is 1. The molecule has 2 atom stereocenters. The molecule has 6 nitrogen and oxygen atoms in total. The summed E-state index contributed by atoms with van der Waals surface area (Å²) in [4.78, 5) is 38.7. The molecule has 7 heteroatoms. The molecule has 0 bridgehead atoms. The molecule has 0 aliphatic heterocycles. The average Bonchev–Trinajstić information content (AvgIpc) is 2.91. The van der Waals surface area contributed by atoms with Crippen molar-refractivity contribution in [3.8, 4) is 5.75 Å². The second kappa shape index (κ2) is 13.4. The lowest BCUT2D eigenvalue weighted by molar-refractivity contribution is -0.135. The van der Waals surface area contributed by atoms with E-state index in [2.05, 4.69) is 64.3 Å². The summed E-state index contributed by atoms with van der Waals surface area (Å²) < 4.78 is 6.38. The summed E-state index contributed by atoms with van der Waals surface area (Å²) in [5.74, 6) is -1.07. The normalized spacial score (nSPS) is 13.8. The van der Waals surface area contributed by atoms with Gasteiger partial charge in [0.05, 0.1) is 16.6 Å². The van der Waals surface area contributed by atoms with Gasteiger partial charge in [0.25, 0.3) is 5.91 Å². The molecule has 0 radical (unpaired) electrons. The minimum Gasteiger partial charge on any atom is -0.480 e. The first-order valence-corrected chi connectivity index (χ1v) is 15.0. The SMILES string of the molecule is CCC(Oc1ccc(C(C)(C)CC)cc1C(C)(C)CC)C(=O)Nc1ccc(Cl)c(NC(=O)C(C)C(=O)C(C)(C)C)c1. The van der Waals surface area contributed by atoms with E-state index in [0.29, 0.717) is 28.6 Å². The van der Waals surface area contributed by atoms with Crippen LogP contribution in [0.15, 0.2) is 36.4 Å². The zero-order valence-electron chi connectivity index (χ0n) is 26.8. The molecule has 0 saturated heterocycles. The van der Waals surface area contributed by atoms with Crippen molar-refractivity contribution in [2.75, 3.05) is 10.6 Å². The third kappa shape index (κ3) is 8.57. The van der Waals surface area contributed by atoms with Crippen LogP contribution in [0.3, 0.4) is 0 Å². The summed E-state index contributed by atoms with van der Waals surface area (Å²) in [5, 5.41) is 5.95. The summed E-state index contributed by atoms with van der Waals surface area (Å²) in [7, 11) is 0. The molecule has 0 aliphatic rings. The number of carbonyl (C=O) groups is 3. The fourth-order valence-corrected chi connectivity index (χ4v) is 4.55. The molecule has 2 rings (SSSR count). The summed E-state index contributed by atoms with van der Waals surface area (Å²) in [6.07, 6.45) is 1.66. The van der Waals surface area contributed by atoms with Gasteiger partial charge in [-0.25, -0.2) is 0 Å². The first kappa shape index (κ1) is 34.3. The number of amides is 2. The molecule has 0 spiro atoms. The van der Waals surface area contributed by atoms with Gasteiger partial charge in [-0.15, -0.1) is 0 Å². The van der Waals surface area contributed by atoms with Crippen molar-refractivity contribution in [3.05, 3.63) is 52.5 Å². The third-order valence-corrected chi connectivity index (χ3v) is 8.54. The molecule has 0 aromatic heterocycles.